The van der Waals surface area contributed by atoms with Gasteiger partial charge >= 0.3 is 6.03 Å². The molecule has 5 nitrogen and oxygen atoms in total. The van der Waals surface area contributed by atoms with E-state index in [0.717, 1.165) is 24.2 Å². The van der Waals surface area contributed by atoms with Gasteiger partial charge in [-0.3, -0.25) is 0 Å². The van der Waals surface area contributed by atoms with Gasteiger partial charge in [-0.2, -0.15) is 0 Å². The van der Waals surface area contributed by atoms with Gasteiger partial charge in [-0.15, -0.1) is 0 Å². The van der Waals surface area contributed by atoms with Crippen LogP contribution in [0.2, 0.25) is 0 Å². The van der Waals surface area contributed by atoms with Crippen LogP contribution in [-0.2, 0) is 16.7 Å². The fourth-order valence-electron chi connectivity index (χ4n) is 4.21. The third kappa shape index (κ3) is 4.41. The number of carbonyl (C=O) groups is 1. The average molecular weight is 405 g/mol. The lowest BCUT2D eigenvalue weighted by Crippen LogP contribution is -2.47. The fourth-order valence-corrected chi connectivity index (χ4v) is 4.21. The number of fused-ring (bicyclic) bond motifs is 1. The first kappa shape index (κ1) is 20.2. The molecule has 2 amide bonds. The molecule has 2 N–H and O–H groups in total. The molecule has 1 aliphatic heterocycles. The van der Waals surface area contributed by atoms with E-state index < -0.39 is 0 Å². The highest BCUT2D eigenvalue weighted by atomic mass is 16.5. The van der Waals surface area contributed by atoms with Gasteiger partial charge in [0.05, 0.1) is 7.11 Å². The summed E-state index contributed by atoms with van der Waals surface area (Å²) in [6.07, 6.45) is 1.76. The van der Waals surface area contributed by atoms with E-state index in [1.165, 1.54) is 16.3 Å². The Bertz CT molecular complexity index is 989. The monoisotopic (exact) mass is 404 g/mol. The van der Waals surface area contributed by atoms with Gasteiger partial charge in [0.25, 0.3) is 0 Å². The van der Waals surface area contributed by atoms with Crippen LogP contribution in [0.1, 0.15) is 24.0 Å². The van der Waals surface area contributed by atoms with E-state index in [9.17, 15) is 4.79 Å². The standard InChI is InChI=1S/C25H28N2O3/c1-29-22-11-9-21(10-12-22)25(13-15-30-16-14-25)18-27-24(28)26-17-20-7-4-6-19-5-2-3-8-23(19)20/h2-12H,13-18H2,1H3,(H2,26,27,28). The Morgan fingerprint density at radius 3 is 2.47 bits per heavy atom. The van der Waals surface area contributed by atoms with Crippen molar-refractivity contribution < 1.29 is 14.3 Å². The molecule has 156 valence electrons. The quantitative estimate of drug-likeness (QED) is 0.640. The second-order valence-electron chi connectivity index (χ2n) is 7.80. The molecule has 1 aliphatic rings. The zero-order chi connectivity index (χ0) is 20.8. The first-order valence-corrected chi connectivity index (χ1v) is 10.4. The van der Waals surface area contributed by atoms with Crippen molar-refractivity contribution in [3.8, 4) is 5.75 Å². The first-order valence-electron chi connectivity index (χ1n) is 10.4. The highest BCUT2D eigenvalue weighted by molar-refractivity contribution is 5.86. The Morgan fingerprint density at radius 2 is 1.70 bits per heavy atom. The number of methoxy groups -OCH3 is 1. The topological polar surface area (TPSA) is 59.6 Å². The molecule has 1 heterocycles. The van der Waals surface area contributed by atoms with E-state index in [1.807, 2.05) is 30.3 Å². The number of urea groups is 1. The second-order valence-corrected chi connectivity index (χ2v) is 7.80. The maximum Gasteiger partial charge on any atom is 0.315 e. The molecule has 0 radical (unpaired) electrons. The molecule has 0 aliphatic carbocycles. The summed E-state index contributed by atoms with van der Waals surface area (Å²) >= 11 is 0. The summed E-state index contributed by atoms with van der Waals surface area (Å²) in [5, 5.41) is 8.46. The molecule has 0 aromatic heterocycles. The number of carbonyl (C=O) groups excluding carboxylic acids is 1. The van der Waals surface area contributed by atoms with Gasteiger partial charge in [-0.05, 0) is 46.9 Å². The molecular weight excluding hydrogens is 376 g/mol. The molecule has 0 atom stereocenters. The van der Waals surface area contributed by atoms with Crippen LogP contribution in [0.3, 0.4) is 0 Å². The van der Waals surface area contributed by atoms with Crippen LogP contribution in [0, 0.1) is 0 Å². The maximum absolute atomic E-state index is 12.6. The minimum Gasteiger partial charge on any atom is -0.497 e. The van der Waals surface area contributed by atoms with Crippen molar-refractivity contribution in [3.05, 3.63) is 77.9 Å². The van der Waals surface area contributed by atoms with Crippen LogP contribution in [0.15, 0.2) is 66.7 Å². The second kappa shape index (κ2) is 9.18. The molecule has 0 spiro atoms. The van der Waals surface area contributed by atoms with E-state index in [0.29, 0.717) is 26.3 Å². The van der Waals surface area contributed by atoms with Crippen molar-refractivity contribution in [1.29, 1.82) is 0 Å². The van der Waals surface area contributed by atoms with Gasteiger partial charge in [-0.25, -0.2) is 4.79 Å². The SMILES string of the molecule is COc1ccc(C2(CNC(=O)NCc3cccc4ccccc34)CCOCC2)cc1. The average Bonchev–Trinajstić information content (AvgIpc) is 2.82. The lowest BCUT2D eigenvalue weighted by molar-refractivity contribution is 0.0507. The molecule has 3 aromatic rings. The van der Waals surface area contributed by atoms with Gasteiger partial charge in [0.2, 0.25) is 0 Å². The van der Waals surface area contributed by atoms with Crippen LogP contribution in [0.25, 0.3) is 10.8 Å². The summed E-state index contributed by atoms with van der Waals surface area (Å²) in [4.78, 5) is 12.6. The third-order valence-corrected chi connectivity index (χ3v) is 6.06. The number of rotatable bonds is 6. The van der Waals surface area contributed by atoms with Crippen LogP contribution in [0.5, 0.6) is 5.75 Å². The summed E-state index contributed by atoms with van der Waals surface area (Å²) in [6, 6.07) is 22.4. The largest absolute Gasteiger partial charge is 0.497 e. The predicted octanol–water partition coefficient (Wildman–Crippen LogP) is 4.40. The Labute approximate surface area is 177 Å². The molecule has 1 saturated heterocycles. The molecule has 5 heteroatoms. The fraction of sp³-hybridized carbons (Fsp3) is 0.320. The van der Waals surface area contributed by atoms with E-state index in [4.69, 9.17) is 9.47 Å². The van der Waals surface area contributed by atoms with Crippen molar-refractivity contribution in [3.63, 3.8) is 0 Å². The van der Waals surface area contributed by atoms with E-state index in [1.54, 1.807) is 7.11 Å². The number of hydrogen-bond acceptors (Lipinski definition) is 3. The first-order chi connectivity index (χ1) is 14.7. The minimum absolute atomic E-state index is 0.124. The van der Waals surface area contributed by atoms with Crippen LogP contribution >= 0.6 is 0 Å². The Morgan fingerprint density at radius 1 is 0.967 bits per heavy atom. The van der Waals surface area contributed by atoms with Crippen LogP contribution in [-0.4, -0.2) is 32.9 Å². The van der Waals surface area contributed by atoms with E-state index >= 15 is 0 Å². The Hall–Kier alpha value is -3.05. The summed E-state index contributed by atoms with van der Waals surface area (Å²) < 4.78 is 10.9. The summed E-state index contributed by atoms with van der Waals surface area (Å²) in [5.41, 5.74) is 2.20. The molecule has 0 bridgehead atoms. The van der Waals surface area contributed by atoms with E-state index in [2.05, 4.69) is 47.0 Å². The minimum atomic E-state index is -0.151. The Balaban J connectivity index is 1.41. The van der Waals surface area contributed by atoms with E-state index in [-0.39, 0.29) is 11.4 Å². The third-order valence-electron chi connectivity index (χ3n) is 6.06. The summed E-state index contributed by atoms with van der Waals surface area (Å²) in [7, 11) is 1.67. The zero-order valence-corrected chi connectivity index (χ0v) is 17.3. The van der Waals surface area contributed by atoms with Crippen molar-refractivity contribution >= 4 is 16.8 Å². The number of nitrogens with one attached hydrogen (secondary N) is 2. The van der Waals surface area contributed by atoms with Gasteiger partial charge in [0.15, 0.2) is 0 Å². The molecule has 0 unspecified atom stereocenters. The number of amides is 2. The molecule has 30 heavy (non-hydrogen) atoms. The lowest BCUT2D eigenvalue weighted by atomic mass is 9.74. The van der Waals surface area contributed by atoms with Crippen molar-refractivity contribution in [2.75, 3.05) is 26.9 Å². The van der Waals surface area contributed by atoms with Gasteiger partial charge in [0.1, 0.15) is 5.75 Å². The Kier molecular flexibility index (Phi) is 6.19. The summed E-state index contributed by atoms with van der Waals surface area (Å²) in [6.45, 7) is 2.46. The normalized spacial score (nSPS) is 15.5. The highest BCUT2D eigenvalue weighted by Gasteiger charge is 2.34. The highest BCUT2D eigenvalue weighted by Crippen LogP contribution is 2.35. The molecule has 4 rings (SSSR count). The predicted molar refractivity (Wildman–Crippen MR) is 119 cm³/mol. The van der Waals surface area contributed by atoms with Gasteiger partial charge in [-0.1, -0.05) is 54.6 Å². The van der Waals surface area contributed by atoms with Crippen LogP contribution in [0.4, 0.5) is 4.79 Å². The van der Waals surface area contributed by atoms with Crippen molar-refractivity contribution in [1.82, 2.24) is 10.6 Å². The molecule has 1 fully saturated rings. The van der Waals surface area contributed by atoms with Crippen LogP contribution < -0.4 is 15.4 Å². The van der Waals surface area contributed by atoms with Crippen molar-refractivity contribution in [2.24, 2.45) is 0 Å². The smallest absolute Gasteiger partial charge is 0.315 e. The zero-order valence-electron chi connectivity index (χ0n) is 17.3. The lowest BCUT2D eigenvalue weighted by Gasteiger charge is -2.38. The number of benzene rings is 3. The maximum atomic E-state index is 12.6. The molecule has 3 aromatic carbocycles. The van der Waals surface area contributed by atoms with Crippen molar-refractivity contribution in [2.45, 2.75) is 24.8 Å². The van der Waals surface area contributed by atoms with Gasteiger partial charge < -0.3 is 20.1 Å². The number of ether oxygens (including phenoxy) is 2. The summed E-state index contributed by atoms with van der Waals surface area (Å²) in [5.74, 6) is 0.835. The van der Waals surface area contributed by atoms with Gasteiger partial charge in [0, 0.05) is 31.7 Å². The molecular formula is C25H28N2O3. The molecule has 0 saturated carbocycles. The number of hydrogen-bond donors (Lipinski definition) is 2.